The lowest BCUT2D eigenvalue weighted by molar-refractivity contribution is 0.0588. The fraction of sp³-hybridized carbons (Fsp3) is 0.312. The third-order valence-electron chi connectivity index (χ3n) is 3.34. The van der Waals surface area contributed by atoms with E-state index in [0.29, 0.717) is 18.7 Å². The Bertz CT molecular complexity index is 716. The first-order chi connectivity index (χ1) is 11.6. The Morgan fingerprint density at radius 3 is 2.54 bits per heavy atom. The molecule has 0 aliphatic heterocycles. The van der Waals surface area contributed by atoms with Crippen molar-refractivity contribution in [2.24, 2.45) is 0 Å². The number of nitrogens with one attached hydrogen (secondary N) is 1. The minimum Gasteiger partial charge on any atom is -0.464 e. The summed E-state index contributed by atoms with van der Waals surface area (Å²) in [4.78, 5) is 22.7. The van der Waals surface area contributed by atoms with Crippen molar-refractivity contribution in [3.8, 4) is 5.69 Å². The van der Waals surface area contributed by atoms with Crippen molar-refractivity contribution in [2.75, 3.05) is 20.8 Å². The fourth-order valence-corrected chi connectivity index (χ4v) is 2.18. The van der Waals surface area contributed by atoms with Gasteiger partial charge in [0.05, 0.1) is 25.6 Å². The first kappa shape index (κ1) is 17.5. The lowest BCUT2D eigenvalue weighted by Gasteiger charge is -2.07. The van der Waals surface area contributed by atoms with Gasteiger partial charge in [0, 0.05) is 6.54 Å². The molecule has 7 nitrogen and oxygen atoms in total. The zero-order chi connectivity index (χ0) is 17.5. The van der Waals surface area contributed by atoms with Crippen LogP contribution in [0.15, 0.2) is 30.3 Å². The van der Waals surface area contributed by atoms with E-state index in [0.717, 1.165) is 0 Å². The standard InChI is InChI=1S/C16H18FN3O4/c1-23-15(21)14-13(17)12(9-6-10-18-16(22)24-2)20(19-14)11-7-4-3-5-8-11/h3-5,7-8H,6,9-10H2,1-2H3,(H,18,22). The van der Waals surface area contributed by atoms with Gasteiger partial charge in [0.2, 0.25) is 5.69 Å². The van der Waals surface area contributed by atoms with Crippen LogP contribution < -0.4 is 5.32 Å². The quantitative estimate of drug-likeness (QED) is 0.646. The summed E-state index contributed by atoms with van der Waals surface area (Å²) >= 11 is 0. The zero-order valence-electron chi connectivity index (χ0n) is 13.4. The molecule has 1 aromatic carbocycles. The molecule has 0 radical (unpaired) electrons. The van der Waals surface area contributed by atoms with Gasteiger partial charge in [-0.25, -0.2) is 18.7 Å². The number of rotatable bonds is 6. The van der Waals surface area contributed by atoms with Crippen LogP contribution in [0.2, 0.25) is 0 Å². The van der Waals surface area contributed by atoms with Crippen LogP contribution in [-0.2, 0) is 15.9 Å². The fourth-order valence-electron chi connectivity index (χ4n) is 2.18. The summed E-state index contributed by atoms with van der Waals surface area (Å²) in [6.07, 6.45) is 0.169. The number of carbonyl (C=O) groups is 2. The molecule has 2 rings (SSSR count). The maximum atomic E-state index is 14.6. The van der Waals surface area contributed by atoms with Gasteiger partial charge in [0.15, 0.2) is 5.82 Å². The third-order valence-corrected chi connectivity index (χ3v) is 3.34. The van der Waals surface area contributed by atoms with Crippen molar-refractivity contribution >= 4 is 12.1 Å². The van der Waals surface area contributed by atoms with Crippen LogP contribution in [0.4, 0.5) is 9.18 Å². The van der Waals surface area contributed by atoms with Gasteiger partial charge in [-0.15, -0.1) is 0 Å². The number of esters is 1. The highest BCUT2D eigenvalue weighted by atomic mass is 19.1. The first-order valence-electron chi connectivity index (χ1n) is 7.31. The second kappa shape index (κ2) is 8.09. The normalized spacial score (nSPS) is 10.3. The van der Waals surface area contributed by atoms with Crippen molar-refractivity contribution in [3.05, 3.63) is 47.5 Å². The number of para-hydroxylation sites is 1. The Labute approximate surface area is 138 Å². The second-order valence-electron chi connectivity index (χ2n) is 4.87. The molecule has 0 spiro atoms. The van der Waals surface area contributed by atoms with E-state index in [2.05, 4.69) is 19.9 Å². The van der Waals surface area contributed by atoms with Gasteiger partial charge in [-0.2, -0.15) is 5.10 Å². The van der Waals surface area contributed by atoms with E-state index in [1.165, 1.54) is 18.9 Å². The number of hydrogen-bond donors (Lipinski definition) is 1. The lowest BCUT2D eigenvalue weighted by atomic mass is 10.2. The summed E-state index contributed by atoms with van der Waals surface area (Å²) in [5.74, 6) is -1.56. The van der Waals surface area contributed by atoms with Crippen LogP contribution in [0.5, 0.6) is 0 Å². The zero-order valence-corrected chi connectivity index (χ0v) is 13.4. The van der Waals surface area contributed by atoms with E-state index in [9.17, 15) is 14.0 Å². The summed E-state index contributed by atoms with van der Waals surface area (Å²) in [6, 6.07) is 8.91. The van der Waals surface area contributed by atoms with Crippen molar-refractivity contribution in [2.45, 2.75) is 12.8 Å². The first-order valence-corrected chi connectivity index (χ1v) is 7.31. The molecule has 1 heterocycles. The molecule has 1 N–H and O–H groups in total. The van der Waals surface area contributed by atoms with Gasteiger partial charge in [-0.1, -0.05) is 18.2 Å². The molecule has 0 unspecified atom stereocenters. The number of carbonyl (C=O) groups excluding carboxylic acids is 2. The van der Waals surface area contributed by atoms with E-state index in [1.807, 2.05) is 6.07 Å². The Hall–Kier alpha value is -2.90. The van der Waals surface area contributed by atoms with E-state index in [-0.39, 0.29) is 17.8 Å². The van der Waals surface area contributed by atoms with E-state index in [4.69, 9.17) is 0 Å². The van der Waals surface area contributed by atoms with Gasteiger partial charge in [0.1, 0.15) is 0 Å². The molecule has 0 aliphatic carbocycles. The highest BCUT2D eigenvalue weighted by molar-refractivity contribution is 5.87. The van der Waals surface area contributed by atoms with Crippen LogP contribution in [0.3, 0.4) is 0 Å². The molecule has 128 valence electrons. The highest BCUT2D eigenvalue weighted by Gasteiger charge is 2.24. The average Bonchev–Trinajstić information content (AvgIpc) is 2.95. The van der Waals surface area contributed by atoms with Crippen LogP contribution in [0.1, 0.15) is 22.6 Å². The minimum absolute atomic E-state index is 0.244. The predicted molar refractivity (Wildman–Crippen MR) is 83.6 cm³/mol. The maximum Gasteiger partial charge on any atom is 0.406 e. The number of amides is 1. The minimum atomic E-state index is -0.837. The number of nitrogens with zero attached hydrogens (tertiary/aromatic N) is 2. The number of benzene rings is 1. The second-order valence-corrected chi connectivity index (χ2v) is 4.87. The van der Waals surface area contributed by atoms with Crippen LogP contribution in [-0.4, -0.2) is 42.6 Å². The largest absolute Gasteiger partial charge is 0.464 e. The number of alkyl carbamates (subject to hydrolysis) is 1. The van der Waals surface area contributed by atoms with E-state index < -0.39 is 17.9 Å². The Kier molecular flexibility index (Phi) is 5.89. The van der Waals surface area contributed by atoms with Gasteiger partial charge < -0.3 is 14.8 Å². The Balaban J connectivity index is 2.25. The van der Waals surface area contributed by atoms with Gasteiger partial charge in [0.25, 0.3) is 0 Å². The molecular formula is C16H18FN3O4. The summed E-state index contributed by atoms with van der Waals surface area (Å²) < 4.78 is 25.0. The van der Waals surface area contributed by atoms with Crippen molar-refractivity contribution < 1.29 is 23.5 Å². The van der Waals surface area contributed by atoms with Crippen molar-refractivity contribution in [1.82, 2.24) is 15.1 Å². The summed E-state index contributed by atoms with van der Waals surface area (Å²) in [5, 5.41) is 6.55. The van der Waals surface area contributed by atoms with E-state index >= 15 is 0 Å². The SMILES string of the molecule is COC(=O)NCCCc1c(F)c(C(=O)OC)nn1-c1ccccc1. The summed E-state index contributed by atoms with van der Waals surface area (Å²) in [6.45, 7) is 0.305. The number of methoxy groups -OCH3 is 2. The van der Waals surface area contributed by atoms with Gasteiger partial charge in [-0.05, 0) is 25.0 Å². The van der Waals surface area contributed by atoms with Gasteiger partial charge in [-0.3, -0.25) is 0 Å². The molecule has 0 bridgehead atoms. The van der Waals surface area contributed by atoms with E-state index in [1.54, 1.807) is 24.3 Å². The van der Waals surface area contributed by atoms with Crippen LogP contribution in [0, 0.1) is 5.82 Å². The monoisotopic (exact) mass is 335 g/mol. The Morgan fingerprint density at radius 1 is 1.21 bits per heavy atom. The molecule has 8 heteroatoms. The van der Waals surface area contributed by atoms with Gasteiger partial charge >= 0.3 is 12.1 Å². The molecule has 0 saturated heterocycles. The topological polar surface area (TPSA) is 82.4 Å². The third kappa shape index (κ3) is 3.89. The highest BCUT2D eigenvalue weighted by Crippen LogP contribution is 2.19. The molecule has 1 amide bonds. The van der Waals surface area contributed by atoms with Crippen molar-refractivity contribution in [3.63, 3.8) is 0 Å². The number of hydrogen-bond acceptors (Lipinski definition) is 5. The lowest BCUT2D eigenvalue weighted by Crippen LogP contribution is -2.24. The number of ether oxygens (including phenoxy) is 2. The van der Waals surface area contributed by atoms with Crippen LogP contribution >= 0.6 is 0 Å². The molecule has 24 heavy (non-hydrogen) atoms. The molecular weight excluding hydrogens is 317 g/mol. The molecule has 0 atom stereocenters. The van der Waals surface area contributed by atoms with Crippen molar-refractivity contribution in [1.29, 1.82) is 0 Å². The smallest absolute Gasteiger partial charge is 0.406 e. The molecule has 0 aliphatic rings. The summed E-state index contributed by atoms with van der Waals surface area (Å²) in [7, 11) is 2.44. The summed E-state index contributed by atoms with van der Waals surface area (Å²) in [5.41, 5.74) is 0.507. The maximum absolute atomic E-state index is 14.6. The number of aromatic nitrogens is 2. The Morgan fingerprint density at radius 2 is 1.92 bits per heavy atom. The predicted octanol–water partition coefficient (Wildman–Crippen LogP) is 2.09. The van der Waals surface area contributed by atoms with Crippen LogP contribution in [0.25, 0.3) is 5.69 Å². The average molecular weight is 335 g/mol. The molecule has 2 aromatic rings. The molecule has 0 saturated carbocycles. The molecule has 1 aromatic heterocycles. The molecule has 0 fully saturated rings. The number of halogens is 1.